The van der Waals surface area contributed by atoms with E-state index in [0.29, 0.717) is 0 Å². The molecule has 2 aliphatic rings. The van der Waals surface area contributed by atoms with Crippen LogP contribution in [0.15, 0.2) is 97.1 Å². The van der Waals surface area contributed by atoms with Crippen LogP contribution in [0, 0.1) is 17.4 Å². The Labute approximate surface area is 284 Å². The minimum absolute atomic E-state index is 0. The maximum Gasteiger partial charge on any atom is -1.00 e. The molecule has 4 aromatic rings. The third-order valence-corrected chi connectivity index (χ3v) is 9.92. The van der Waals surface area contributed by atoms with Gasteiger partial charge in [-0.05, 0) is 0 Å². The molecule has 0 fully saturated rings. The Balaban J connectivity index is 0.00000212. The standard InChI is InChI=1S/C40H39.2ClH.Zr/c1-26-34(35(27-16-10-8-11-17-27)28-18-12-9-13-19-28)37-32-23-22-31(39(2,3)4)24-30(32)25-33(37)36(29-20-14-15-21-29)38(26)40(5,6)7;;;/h8-20,22-24H,21H2,1-7H3;2*1H;/q;;;+2/p-2. The van der Waals surface area contributed by atoms with Crippen LogP contribution in [0.2, 0.25) is 0 Å². The molecule has 0 aliphatic heterocycles. The van der Waals surface area contributed by atoms with Gasteiger partial charge in [-0.3, -0.25) is 0 Å². The molecule has 0 bridgehead atoms. The molecule has 217 valence electrons. The summed E-state index contributed by atoms with van der Waals surface area (Å²) in [5.74, 6) is 0. The van der Waals surface area contributed by atoms with Crippen LogP contribution in [0.3, 0.4) is 0 Å². The van der Waals surface area contributed by atoms with E-state index in [9.17, 15) is 0 Å². The normalized spacial score (nSPS) is 13.6. The second-order valence-corrected chi connectivity index (χ2v) is 14.8. The summed E-state index contributed by atoms with van der Waals surface area (Å²) in [6, 6.07) is 29.3. The Bertz CT molecular complexity index is 1930. The molecule has 0 unspecified atom stereocenters. The van der Waals surface area contributed by atoms with Crippen molar-refractivity contribution in [3.05, 3.63) is 157 Å². The van der Waals surface area contributed by atoms with E-state index < -0.39 is 0 Å². The van der Waals surface area contributed by atoms with Gasteiger partial charge >= 0.3 is 262 Å². The van der Waals surface area contributed by atoms with Gasteiger partial charge in [0, 0.05) is 0 Å². The van der Waals surface area contributed by atoms with Crippen molar-refractivity contribution in [2.75, 3.05) is 0 Å². The zero-order valence-corrected chi connectivity index (χ0v) is 30.2. The first kappa shape index (κ1) is 33.5. The van der Waals surface area contributed by atoms with E-state index in [-0.39, 0.29) is 35.6 Å². The van der Waals surface area contributed by atoms with Crippen molar-refractivity contribution in [1.29, 1.82) is 0 Å². The fourth-order valence-corrected chi connectivity index (χ4v) is 7.96. The summed E-state index contributed by atoms with van der Waals surface area (Å²) in [4.78, 5) is 0. The van der Waals surface area contributed by atoms with E-state index >= 15 is 0 Å². The van der Waals surface area contributed by atoms with Crippen LogP contribution in [0.5, 0.6) is 0 Å². The summed E-state index contributed by atoms with van der Waals surface area (Å²) in [6.45, 7) is 16.5. The van der Waals surface area contributed by atoms with Crippen LogP contribution >= 0.6 is 0 Å². The smallest absolute Gasteiger partial charge is 1.00 e. The summed E-state index contributed by atoms with van der Waals surface area (Å²) in [5.41, 5.74) is 12.6. The monoisotopic (exact) mass is 679 g/mol. The summed E-state index contributed by atoms with van der Waals surface area (Å²) < 4.78 is 1.49. The zero-order chi connectivity index (χ0) is 29.1. The molecule has 43 heavy (non-hydrogen) atoms. The van der Waals surface area contributed by atoms with Gasteiger partial charge in [0.25, 0.3) is 0 Å². The average molecular weight is 682 g/mol. The van der Waals surface area contributed by atoms with Gasteiger partial charge in [0.05, 0.1) is 0 Å². The largest absolute Gasteiger partial charge is 1.00 e. The van der Waals surface area contributed by atoms with Gasteiger partial charge in [0.2, 0.25) is 0 Å². The Morgan fingerprint density at radius 1 is 0.698 bits per heavy atom. The van der Waals surface area contributed by atoms with E-state index in [4.69, 9.17) is 0 Å². The predicted octanol–water partition coefficient (Wildman–Crippen LogP) is 2.49. The van der Waals surface area contributed by atoms with Crippen LogP contribution in [-0.4, -0.2) is 0 Å². The molecule has 6 rings (SSSR count). The molecule has 3 heteroatoms. The summed E-state index contributed by atoms with van der Waals surface area (Å²) in [7, 11) is 0. The second kappa shape index (κ2) is 12.5. The SMILES string of the molecule is Cc1c(C(C)(C)C)c(C2=CC=CC2)c2c(c1=C(c1ccccc1)c1ccccc1)=c1ccc(C(C)(C)C)cc1=[C]2[Zr+2].[Cl-].[Cl-]. The second-order valence-electron chi connectivity index (χ2n) is 13.6. The number of rotatable bonds is 3. The van der Waals surface area contributed by atoms with Crippen molar-refractivity contribution in [3.8, 4) is 0 Å². The first-order chi connectivity index (χ1) is 19.5. The number of benzene rings is 4. The number of hydrogen-bond donors (Lipinski definition) is 0. The van der Waals surface area contributed by atoms with Crippen LogP contribution in [0.4, 0.5) is 0 Å². The predicted molar refractivity (Wildman–Crippen MR) is 171 cm³/mol. The van der Waals surface area contributed by atoms with Crippen LogP contribution in [0.1, 0.15) is 86.9 Å². The van der Waals surface area contributed by atoms with Crippen molar-refractivity contribution >= 4 is 14.4 Å². The Hall–Kier alpha value is -2.44. The molecule has 2 aliphatic carbocycles. The molecule has 4 aromatic carbocycles. The fourth-order valence-electron chi connectivity index (χ4n) is 6.83. The van der Waals surface area contributed by atoms with Gasteiger partial charge in [0.1, 0.15) is 0 Å². The maximum absolute atomic E-state index is 2.49. The van der Waals surface area contributed by atoms with Crippen molar-refractivity contribution in [2.45, 2.75) is 65.7 Å². The van der Waals surface area contributed by atoms with E-state index in [1.54, 1.807) is 0 Å². The molecule has 0 saturated heterocycles. The molecule has 0 atom stereocenters. The first-order valence-corrected chi connectivity index (χ1v) is 16.0. The number of allylic oxidation sites excluding steroid dienone is 4. The molecule has 0 amide bonds. The Morgan fingerprint density at radius 2 is 1.28 bits per heavy atom. The quantitative estimate of drug-likeness (QED) is 0.312. The van der Waals surface area contributed by atoms with Gasteiger partial charge in [-0.25, -0.2) is 0 Å². The summed E-state index contributed by atoms with van der Waals surface area (Å²) >= 11 is 1.47. The third-order valence-electron chi connectivity index (χ3n) is 8.64. The number of halogens is 2. The van der Waals surface area contributed by atoms with E-state index in [0.717, 1.165) is 6.42 Å². The molecule has 0 radical (unpaired) electrons. The first-order valence-electron chi connectivity index (χ1n) is 14.8. The molecule has 0 heterocycles. The topological polar surface area (TPSA) is 0 Å². The maximum atomic E-state index is 2.49. The van der Waals surface area contributed by atoms with E-state index in [1.165, 1.54) is 99.0 Å². The van der Waals surface area contributed by atoms with Crippen molar-refractivity contribution in [3.63, 3.8) is 0 Å². The van der Waals surface area contributed by atoms with Crippen molar-refractivity contribution in [2.24, 2.45) is 0 Å². The van der Waals surface area contributed by atoms with Crippen molar-refractivity contribution < 1.29 is 49.5 Å². The summed E-state index contributed by atoms with van der Waals surface area (Å²) in [6.07, 6.45) is 7.90. The van der Waals surface area contributed by atoms with Crippen LogP contribution < -0.4 is 35.3 Å². The molecular formula is C40H39Cl2Zr. The average Bonchev–Trinajstić information content (AvgIpc) is 3.57. The summed E-state index contributed by atoms with van der Waals surface area (Å²) in [5, 5.41) is 5.61. The van der Waals surface area contributed by atoms with Crippen LogP contribution in [-0.2, 0) is 35.5 Å². The minimum Gasteiger partial charge on any atom is -1.00 e. The molecule has 0 aromatic heterocycles. The minimum atomic E-state index is -0.0210. The van der Waals surface area contributed by atoms with Crippen molar-refractivity contribution in [1.82, 2.24) is 0 Å². The molecule has 0 spiro atoms. The molecule has 0 nitrogen and oxygen atoms in total. The van der Waals surface area contributed by atoms with E-state index in [1.807, 2.05) is 0 Å². The molecule has 0 saturated carbocycles. The van der Waals surface area contributed by atoms with Gasteiger partial charge in [-0.15, -0.1) is 0 Å². The van der Waals surface area contributed by atoms with Gasteiger partial charge in [-0.2, -0.15) is 0 Å². The zero-order valence-electron chi connectivity index (χ0n) is 26.2. The molecular weight excluding hydrogens is 643 g/mol. The van der Waals surface area contributed by atoms with Gasteiger partial charge in [0.15, 0.2) is 0 Å². The third kappa shape index (κ3) is 5.86. The van der Waals surface area contributed by atoms with Crippen LogP contribution in [0.25, 0.3) is 14.4 Å². The Morgan fingerprint density at radius 3 is 1.77 bits per heavy atom. The molecule has 0 N–H and O–H groups in total. The number of hydrogen-bond acceptors (Lipinski definition) is 0. The number of fused-ring (bicyclic) bond motifs is 2. The Kier molecular flexibility index (Phi) is 9.74. The van der Waals surface area contributed by atoms with E-state index in [2.05, 4.69) is 146 Å². The van der Waals surface area contributed by atoms with Gasteiger partial charge < -0.3 is 24.8 Å². The van der Waals surface area contributed by atoms with Gasteiger partial charge in [-0.1, -0.05) is 0 Å². The fraction of sp³-hybridized carbons (Fsp3) is 0.250.